The standard InChI is InChI=1S/C13H17N3O3/c1-19-8-4-2-3-7-15-12-9-11(10-14)5-6-13(12)16(17)18/h5-6,9,15H,2-4,7-8H2,1H3. The van der Waals surface area contributed by atoms with Crippen LogP contribution >= 0.6 is 0 Å². The molecule has 102 valence electrons. The summed E-state index contributed by atoms with van der Waals surface area (Å²) in [5.41, 5.74) is 0.805. The lowest BCUT2D eigenvalue weighted by atomic mass is 10.2. The van der Waals surface area contributed by atoms with Gasteiger partial charge in [0.15, 0.2) is 0 Å². The molecule has 19 heavy (non-hydrogen) atoms. The van der Waals surface area contributed by atoms with Gasteiger partial charge in [-0.2, -0.15) is 5.26 Å². The number of benzene rings is 1. The van der Waals surface area contributed by atoms with Gasteiger partial charge in [0.2, 0.25) is 0 Å². The van der Waals surface area contributed by atoms with E-state index in [4.69, 9.17) is 10.00 Å². The Bertz CT molecular complexity index is 469. The molecule has 0 unspecified atom stereocenters. The third-order valence-electron chi connectivity index (χ3n) is 2.66. The Labute approximate surface area is 112 Å². The summed E-state index contributed by atoms with van der Waals surface area (Å²) in [5.74, 6) is 0. The zero-order valence-electron chi connectivity index (χ0n) is 10.9. The molecule has 1 rings (SSSR count). The van der Waals surface area contributed by atoms with Crippen molar-refractivity contribution in [3.05, 3.63) is 33.9 Å². The summed E-state index contributed by atoms with van der Waals surface area (Å²) in [4.78, 5) is 10.4. The van der Waals surface area contributed by atoms with Crippen molar-refractivity contribution < 1.29 is 9.66 Å². The van der Waals surface area contributed by atoms with Crippen LogP contribution in [0.15, 0.2) is 18.2 Å². The number of anilines is 1. The van der Waals surface area contributed by atoms with Crippen molar-refractivity contribution in [1.82, 2.24) is 0 Å². The average Bonchev–Trinajstić information content (AvgIpc) is 2.42. The van der Waals surface area contributed by atoms with Crippen molar-refractivity contribution in [2.75, 3.05) is 25.6 Å². The largest absolute Gasteiger partial charge is 0.385 e. The maximum atomic E-state index is 10.9. The van der Waals surface area contributed by atoms with E-state index in [1.54, 1.807) is 7.11 Å². The van der Waals surface area contributed by atoms with Gasteiger partial charge >= 0.3 is 0 Å². The third kappa shape index (κ3) is 4.94. The highest BCUT2D eigenvalue weighted by molar-refractivity contribution is 5.64. The molecule has 0 aliphatic heterocycles. The van der Waals surface area contributed by atoms with Crippen LogP contribution in [0.2, 0.25) is 0 Å². The van der Waals surface area contributed by atoms with Crippen molar-refractivity contribution in [3.8, 4) is 6.07 Å². The molecule has 0 heterocycles. The Kier molecular flexibility index (Phi) is 6.33. The van der Waals surface area contributed by atoms with E-state index in [0.717, 1.165) is 25.9 Å². The Morgan fingerprint density at radius 1 is 1.42 bits per heavy atom. The number of methoxy groups -OCH3 is 1. The van der Waals surface area contributed by atoms with E-state index < -0.39 is 4.92 Å². The van der Waals surface area contributed by atoms with Crippen LogP contribution in [0.4, 0.5) is 11.4 Å². The van der Waals surface area contributed by atoms with Crippen LogP contribution in [0, 0.1) is 21.4 Å². The zero-order valence-corrected chi connectivity index (χ0v) is 10.9. The molecule has 0 aliphatic carbocycles. The van der Waals surface area contributed by atoms with E-state index in [1.165, 1.54) is 18.2 Å². The topological polar surface area (TPSA) is 88.2 Å². The fourth-order valence-corrected chi connectivity index (χ4v) is 1.68. The lowest BCUT2D eigenvalue weighted by Gasteiger charge is -2.07. The number of nitrogens with zero attached hydrogens (tertiary/aromatic N) is 2. The molecule has 6 heteroatoms. The van der Waals surface area contributed by atoms with Crippen molar-refractivity contribution in [1.29, 1.82) is 5.26 Å². The zero-order chi connectivity index (χ0) is 14.1. The highest BCUT2D eigenvalue weighted by atomic mass is 16.6. The van der Waals surface area contributed by atoms with E-state index in [0.29, 0.717) is 17.8 Å². The first-order valence-electron chi connectivity index (χ1n) is 6.10. The minimum atomic E-state index is -0.450. The van der Waals surface area contributed by atoms with Gasteiger partial charge in [-0.3, -0.25) is 10.1 Å². The summed E-state index contributed by atoms with van der Waals surface area (Å²) in [5, 5.41) is 22.7. The van der Waals surface area contributed by atoms with Gasteiger partial charge in [-0.25, -0.2) is 0 Å². The summed E-state index contributed by atoms with van der Waals surface area (Å²) in [6.45, 7) is 1.36. The maximum absolute atomic E-state index is 10.9. The molecule has 0 aromatic heterocycles. The molecule has 6 nitrogen and oxygen atoms in total. The van der Waals surface area contributed by atoms with E-state index in [2.05, 4.69) is 5.32 Å². The number of rotatable bonds is 8. The number of nitro groups is 1. The van der Waals surface area contributed by atoms with Crippen molar-refractivity contribution in [2.45, 2.75) is 19.3 Å². The predicted octanol–water partition coefficient (Wildman–Crippen LogP) is 2.70. The SMILES string of the molecule is COCCCCCNc1cc(C#N)ccc1[N+](=O)[O-]. The van der Waals surface area contributed by atoms with Gasteiger partial charge in [0.1, 0.15) is 5.69 Å². The molecule has 0 atom stereocenters. The number of hydrogen-bond donors (Lipinski definition) is 1. The van der Waals surface area contributed by atoms with E-state index in [1.807, 2.05) is 6.07 Å². The van der Waals surface area contributed by atoms with Gasteiger partial charge in [-0.1, -0.05) is 0 Å². The van der Waals surface area contributed by atoms with Crippen LogP contribution in [0.5, 0.6) is 0 Å². The molecule has 0 radical (unpaired) electrons. The number of hydrogen-bond acceptors (Lipinski definition) is 5. The highest BCUT2D eigenvalue weighted by Gasteiger charge is 2.13. The maximum Gasteiger partial charge on any atom is 0.292 e. The summed E-state index contributed by atoms with van der Waals surface area (Å²) < 4.78 is 4.94. The first kappa shape index (κ1) is 14.9. The van der Waals surface area contributed by atoms with Crippen molar-refractivity contribution >= 4 is 11.4 Å². The molecule has 0 amide bonds. The van der Waals surface area contributed by atoms with Gasteiger partial charge in [0, 0.05) is 26.3 Å². The molecule has 1 aromatic carbocycles. The van der Waals surface area contributed by atoms with Gasteiger partial charge < -0.3 is 10.1 Å². The fourth-order valence-electron chi connectivity index (χ4n) is 1.68. The molecule has 0 fully saturated rings. The lowest BCUT2D eigenvalue weighted by molar-refractivity contribution is -0.384. The number of ether oxygens (including phenoxy) is 1. The third-order valence-corrected chi connectivity index (χ3v) is 2.66. The Balaban J connectivity index is 2.56. The summed E-state index contributed by atoms with van der Waals surface area (Å²) in [6, 6.07) is 6.28. The van der Waals surface area contributed by atoms with Crippen molar-refractivity contribution in [2.24, 2.45) is 0 Å². The number of unbranched alkanes of at least 4 members (excludes halogenated alkanes) is 2. The number of nitro benzene ring substituents is 1. The molecule has 0 bridgehead atoms. The minimum Gasteiger partial charge on any atom is -0.385 e. The molecule has 0 aliphatic rings. The fraction of sp³-hybridized carbons (Fsp3) is 0.462. The molecule has 0 saturated heterocycles. The molecule has 1 aromatic rings. The molecule has 0 saturated carbocycles. The Hall–Kier alpha value is -2.13. The second kappa shape index (κ2) is 8.06. The van der Waals surface area contributed by atoms with Crippen LogP contribution in [-0.4, -0.2) is 25.2 Å². The summed E-state index contributed by atoms with van der Waals surface area (Å²) in [6.07, 6.45) is 2.86. The molecule has 1 N–H and O–H groups in total. The summed E-state index contributed by atoms with van der Waals surface area (Å²) in [7, 11) is 1.66. The van der Waals surface area contributed by atoms with Crippen LogP contribution < -0.4 is 5.32 Å². The molecular formula is C13H17N3O3. The summed E-state index contributed by atoms with van der Waals surface area (Å²) >= 11 is 0. The van der Waals surface area contributed by atoms with Crippen LogP contribution in [0.3, 0.4) is 0 Å². The van der Waals surface area contributed by atoms with Gasteiger partial charge in [0.05, 0.1) is 16.6 Å². The van der Waals surface area contributed by atoms with E-state index >= 15 is 0 Å². The quantitative estimate of drug-likeness (QED) is 0.442. The number of nitrogens with one attached hydrogen (secondary N) is 1. The van der Waals surface area contributed by atoms with E-state index in [-0.39, 0.29) is 5.69 Å². The molecule has 0 spiro atoms. The average molecular weight is 263 g/mol. The predicted molar refractivity (Wildman–Crippen MR) is 72.0 cm³/mol. The second-order valence-electron chi connectivity index (χ2n) is 4.08. The molecular weight excluding hydrogens is 246 g/mol. The van der Waals surface area contributed by atoms with Gasteiger partial charge in [-0.05, 0) is 31.4 Å². The monoisotopic (exact) mass is 263 g/mol. The first-order chi connectivity index (χ1) is 9.19. The van der Waals surface area contributed by atoms with E-state index in [9.17, 15) is 10.1 Å². The van der Waals surface area contributed by atoms with Crippen LogP contribution in [-0.2, 0) is 4.74 Å². The normalized spacial score (nSPS) is 9.89. The first-order valence-corrected chi connectivity index (χ1v) is 6.10. The minimum absolute atomic E-state index is 0.00380. The van der Waals surface area contributed by atoms with Crippen LogP contribution in [0.1, 0.15) is 24.8 Å². The van der Waals surface area contributed by atoms with Crippen LogP contribution in [0.25, 0.3) is 0 Å². The Morgan fingerprint density at radius 2 is 2.21 bits per heavy atom. The Morgan fingerprint density at radius 3 is 2.84 bits per heavy atom. The second-order valence-corrected chi connectivity index (χ2v) is 4.08. The number of nitriles is 1. The smallest absolute Gasteiger partial charge is 0.292 e. The lowest BCUT2D eigenvalue weighted by Crippen LogP contribution is -2.05. The van der Waals surface area contributed by atoms with Gasteiger partial charge in [-0.15, -0.1) is 0 Å². The van der Waals surface area contributed by atoms with Crippen molar-refractivity contribution in [3.63, 3.8) is 0 Å². The highest BCUT2D eigenvalue weighted by Crippen LogP contribution is 2.25. The van der Waals surface area contributed by atoms with Gasteiger partial charge in [0.25, 0.3) is 5.69 Å².